The Labute approximate surface area is 294 Å². The fourth-order valence-electron chi connectivity index (χ4n) is 9.52. The molecular formula is C39H50N8O3. The van der Waals surface area contributed by atoms with Crippen LogP contribution in [0, 0.1) is 5.92 Å². The first-order chi connectivity index (χ1) is 24.3. The molecule has 1 unspecified atom stereocenters. The monoisotopic (exact) mass is 678 g/mol. The molecule has 3 saturated heterocycles. The van der Waals surface area contributed by atoms with Crippen LogP contribution in [0.4, 0.5) is 11.5 Å². The number of hydrogen-bond acceptors (Lipinski definition) is 7. The Kier molecular flexibility index (Phi) is 7.89. The van der Waals surface area contributed by atoms with Gasteiger partial charge < -0.3 is 29.5 Å². The highest BCUT2D eigenvalue weighted by Crippen LogP contribution is 2.52. The number of anilines is 2. The number of pyridine rings is 1. The average Bonchev–Trinajstić information content (AvgIpc) is 3.53. The summed E-state index contributed by atoms with van der Waals surface area (Å²) in [7, 11) is 0. The number of rotatable bonds is 8. The molecule has 11 heteroatoms. The molecule has 1 aromatic carbocycles. The minimum atomic E-state index is -0.628. The fourth-order valence-corrected chi connectivity index (χ4v) is 9.52. The van der Waals surface area contributed by atoms with Gasteiger partial charge in [0.2, 0.25) is 18.2 Å². The van der Waals surface area contributed by atoms with Crippen LogP contribution in [0.15, 0.2) is 30.6 Å². The van der Waals surface area contributed by atoms with Crippen molar-refractivity contribution in [2.75, 3.05) is 49.5 Å². The van der Waals surface area contributed by atoms with Gasteiger partial charge in [-0.15, -0.1) is 0 Å². The van der Waals surface area contributed by atoms with E-state index in [2.05, 4.69) is 57.8 Å². The molecule has 11 nitrogen and oxygen atoms in total. The van der Waals surface area contributed by atoms with Crippen molar-refractivity contribution in [3.05, 3.63) is 36.2 Å². The molecule has 264 valence electrons. The van der Waals surface area contributed by atoms with Gasteiger partial charge >= 0.3 is 0 Å². The van der Waals surface area contributed by atoms with Crippen LogP contribution in [-0.4, -0.2) is 105 Å². The zero-order valence-electron chi connectivity index (χ0n) is 29.5. The van der Waals surface area contributed by atoms with Crippen molar-refractivity contribution in [1.29, 1.82) is 0 Å². The second kappa shape index (κ2) is 12.4. The number of hydrogen-bond donors (Lipinski definition) is 1. The van der Waals surface area contributed by atoms with E-state index in [-0.39, 0.29) is 29.8 Å². The van der Waals surface area contributed by atoms with E-state index in [4.69, 9.17) is 9.97 Å². The van der Waals surface area contributed by atoms with Crippen LogP contribution in [0.2, 0.25) is 0 Å². The topological polar surface area (TPSA) is 107 Å². The molecule has 9 rings (SSSR count). The van der Waals surface area contributed by atoms with E-state index in [0.29, 0.717) is 57.5 Å². The highest BCUT2D eigenvalue weighted by molar-refractivity contribution is 6.09. The lowest BCUT2D eigenvalue weighted by Gasteiger charge is -2.48. The van der Waals surface area contributed by atoms with Crippen LogP contribution < -0.4 is 10.2 Å². The lowest BCUT2D eigenvalue weighted by Crippen LogP contribution is -2.58. The van der Waals surface area contributed by atoms with Crippen molar-refractivity contribution in [2.24, 2.45) is 5.92 Å². The third kappa shape index (κ3) is 5.29. The molecule has 6 heterocycles. The van der Waals surface area contributed by atoms with Crippen molar-refractivity contribution >= 4 is 40.8 Å². The largest absolute Gasteiger partial charge is 0.366 e. The molecule has 3 aromatic rings. The molecule has 2 aliphatic carbocycles. The van der Waals surface area contributed by atoms with Gasteiger partial charge in [-0.3, -0.25) is 14.4 Å². The Morgan fingerprint density at radius 3 is 2.46 bits per heavy atom. The zero-order chi connectivity index (χ0) is 34.1. The number of nitrogens with zero attached hydrogens (tertiary/aromatic N) is 7. The van der Waals surface area contributed by atoms with E-state index in [9.17, 15) is 14.4 Å². The highest BCUT2D eigenvalue weighted by Gasteiger charge is 2.56. The Hall–Kier alpha value is -3.99. The van der Waals surface area contributed by atoms with Gasteiger partial charge in [0, 0.05) is 61.6 Å². The molecule has 1 spiro atoms. The second-order valence-electron chi connectivity index (χ2n) is 16.2. The number of piperidine rings is 2. The second-order valence-corrected chi connectivity index (χ2v) is 16.2. The van der Waals surface area contributed by atoms with Gasteiger partial charge in [-0.25, -0.2) is 9.97 Å². The Balaban J connectivity index is 1.04. The van der Waals surface area contributed by atoms with E-state index in [1.54, 1.807) is 4.90 Å². The van der Waals surface area contributed by atoms with Crippen LogP contribution >= 0.6 is 0 Å². The van der Waals surface area contributed by atoms with Crippen LogP contribution in [0.3, 0.4) is 0 Å². The molecular weight excluding hydrogens is 628 g/mol. The standard InChI is InChI=1S/C39H50N8O3/c1-25(2)46-23-40-33-21-32(42-36(35(33)46)41-28-7-8-28)26-6-9-31-34(18-26)47(30-19-29(20-30)44-13-4-3-5-14-44)38(50)39(31)11-16-45(17-12-39)37(49)27-10-15-43(22-27)24-48/h6,9,18,21,23-25,27-30H,3-5,7-8,10-17,19-20,22H2,1-2H3,(H,41,42). The Morgan fingerprint density at radius 2 is 1.76 bits per heavy atom. The molecule has 3 amide bonds. The molecule has 1 atom stereocenters. The maximum Gasteiger partial charge on any atom is 0.238 e. The lowest BCUT2D eigenvalue weighted by atomic mass is 9.73. The number of likely N-dealkylation sites (tertiary alicyclic amines) is 3. The summed E-state index contributed by atoms with van der Waals surface area (Å²) in [4.78, 5) is 58.2. The average molecular weight is 679 g/mol. The smallest absolute Gasteiger partial charge is 0.238 e. The highest BCUT2D eigenvalue weighted by atomic mass is 16.2. The minimum absolute atomic E-state index is 0.127. The van der Waals surface area contributed by atoms with Crippen molar-refractivity contribution in [1.82, 2.24) is 29.2 Å². The number of aromatic nitrogens is 3. The van der Waals surface area contributed by atoms with Crippen molar-refractivity contribution in [2.45, 2.75) is 108 Å². The predicted molar refractivity (Wildman–Crippen MR) is 193 cm³/mol. The van der Waals surface area contributed by atoms with Crippen LogP contribution in [0.5, 0.6) is 0 Å². The van der Waals surface area contributed by atoms with Gasteiger partial charge in [-0.1, -0.05) is 18.6 Å². The SMILES string of the molecule is CC(C)n1cnc2cc(-c3ccc4c(c3)N(C3CC(N5CCCCC5)C3)C(=O)C43CCN(C(=O)C4CCN(C=O)C4)CC3)nc(NC3CC3)c21. The zero-order valence-corrected chi connectivity index (χ0v) is 29.5. The molecule has 0 radical (unpaired) electrons. The number of carbonyl (C=O) groups is 3. The summed E-state index contributed by atoms with van der Waals surface area (Å²) < 4.78 is 2.20. The van der Waals surface area contributed by atoms with Crippen LogP contribution in [0.25, 0.3) is 22.3 Å². The molecule has 4 aliphatic heterocycles. The summed E-state index contributed by atoms with van der Waals surface area (Å²) in [6.07, 6.45) is 12.9. The summed E-state index contributed by atoms with van der Waals surface area (Å²) in [6.45, 7) is 8.94. The van der Waals surface area contributed by atoms with Crippen molar-refractivity contribution < 1.29 is 14.4 Å². The van der Waals surface area contributed by atoms with Crippen molar-refractivity contribution in [3.63, 3.8) is 0 Å². The van der Waals surface area contributed by atoms with E-state index in [0.717, 1.165) is 71.5 Å². The summed E-state index contributed by atoms with van der Waals surface area (Å²) in [5, 5.41) is 3.68. The van der Waals surface area contributed by atoms with Gasteiger partial charge in [0.15, 0.2) is 5.82 Å². The normalized spacial score (nSPS) is 26.6. The number of imidazole rings is 1. The molecule has 2 aromatic heterocycles. The summed E-state index contributed by atoms with van der Waals surface area (Å²) in [5.41, 5.74) is 5.34. The molecule has 1 N–H and O–H groups in total. The first kappa shape index (κ1) is 32.0. The maximum atomic E-state index is 14.9. The molecule has 0 bridgehead atoms. The van der Waals surface area contributed by atoms with E-state index in [1.807, 2.05) is 11.2 Å². The molecule has 2 saturated carbocycles. The quantitative estimate of drug-likeness (QED) is 0.336. The first-order valence-corrected chi connectivity index (χ1v) is 19.2. The lowest BCUT2D eigenvalue weighted by molar-refractivity contribution is -0.139. The summed E-state index contributed by atoms with van der Waals surface area (Å²) >= 11 is 0. The maximum absolute atomic E-state index is 14.9. The van der Waals surface area contributed by atoms with Crippen molar-refractivity contribution in [3.8, 4) is 11.3 Å². The van der Waals surface area contributed by atoms with Gasteiger partial charge in [0.25, 0.3) is 0 Å². The number of fused-ring (bicyclic) bond motifs is 3. The third-order valence-corrected chi connectivity index (χ3v) is 12.7. The molecule has 6 aliphatic rings. The van der Waals surface area contributed by atoms with Gasteiger partial charge in [0.05, 0.1) is 28.9 Å². The van der Waals surface area contributed by atoms with Gasteiger partial charge in [-0.2, -0.15) is 0 Å². The first-order valence-electron chi connectivity index (χ1n) is 19.2. The van der Waals surface area contributed by atoms with Crippen LogP contribution in [0.1, 0.15) is 89.7 Å². The van der Waals surface area contributed by atoms with Crippen LogP contribution in [-0.2, 0) is 19.8 Å². The fraction of sp³-hybridized carbons (Fsp3) is 0.615. The van der Waals surface area contributed by atoms with E-state index < -0.39 is 5.41 Å². The summed E-state index contributed by atoms with van der Waals surface area (Å²) in [5.74, 6) is 1.08. The number of carbonyl (C=O) groups excluding carboxylic acids is 3. The van der Waals surface area contributed by atoms with Gasteiger partial charge in [0.1, 0.15) is 5.52 Å². The Bertz CT molecular complexity index is 1810. The Morgan fingerprint density at radius 1 is 0.980 bits per heavy atom. The third-order valence-electron chi connectivity index (χ3n) is 12.7. The number of benzene rings is 1. The molecule has 50 heavy (non-hydrogen) atoms. The predicted octanol–water partition coefficient (Wildman–Crippen LogP) is 4.96. The minimum Gasteiger partial charge on any atom is -0.366 e. The number of amides is 3. The van der Waals surface area contributed by atoms with Gasteiger partial charge in [-0.05, 0) is 102 Å². The van der Waals surface area contributed by atoms with E-state index in [1.165, 1.54) is 32.4 Å². The summed E-state index contributed by atoms with van der Waals surface area (Å²) in [6, 6.07) is 10.1. The number of nitrogens with one attached hydrogen (secondary N) is 1. The molecule has 5 fully saturated rings. The van der Waals surface area contributed by atoms with E-state index >= 15 is 0 Å².